The van der Waals surface area contributed by atoms with E-state index in [1.807, 2.05) is 38.1 Å². The number of nitrogens with zero attached hydrogens (tertiary/aromatic N) is 1. The Labute approximate surface area is 154 Å². The molecule has 0 aliphatic carbocycles. The van der Waals surface area contributed by atoms with E-state index in [1.54, 1.807) is 12.1 Å². The van der Waals surface area contributed by atoms with Crippen LogP contribution in [0.15, 0.2) is 42.5 Å². The summed E-state index contributed by atoms with van der Waals surface area (Å²) in [5, 5.41) is 3.05. The van der Waals surface area contributed by atoms with Gasteiger partial charge in [0.15, 0.2) is 6.61 Å². The second kappa shape index (κ2) is 8.21. The number of hydrogen-bond acceptors (Lipinski definition) is 3. The van der Waals surface area contributed by atoms with Crippen molar-refractivity contribution >= 4 is 11.6 Å². The molecule has 3 rings (SSSR count). The average Bonchev–Trinajstić information content (AvgIpc) is 2.62. The van der Waals surface area contributed by atoms with E-state index in [9.17, 15) is 9.18 Å². The molecule has 1 aliphatic heterocycles. The summed E-state index contributed by atoms with van der Waals surface area (Å²) in [7, 11) is 0. The molecule has 4 nitrogen and oxygen atoms in total. The molecule has 2 aromatic carbocycles. The molecule has 0 bridgehead atoms. The fraction of sp³-hybridized carbons (Fsp3) is 0.381. The minimum atomic E-state index is -0.221. The van der Waals surface area contributed by atoms with Crippen LogP contribution in [0.1, 0.15) is 24.0 Å². The van der Waals surface area contributed by atoms with Crippen molar-refractivity contribution < 1.29 is 13.9 Å². The first-order valence-electron chi connectivity index (χ1n) is 9.02. The van der Waals surface area contributed by atoms with Crippen LogP contribution in [0, 0.1) is 19.7 Å². The molecule has 0 unspecified atom stereocenters. The number of hydrogen-bond donors (Lipinski definition) is 1. The Balaban J connectivity index is 1.46. The molecule has 0 aromatic heterocycles. The molecule has 0 atom stereocenters. The topological polar surface area (TPSA) is 41.6 Å². The molecule has 138 valence electrons. The van der Waals surface area contributed by atoms with E-state index >= 15 is 0 Å². The first-order valence-corrected chi connectivity index (χ1v) is 9.02. The molecule has 0 spiro atoms. The van der Waals surface area contributed by atoms with Gasteiger partial charge in [0, 0.05) is 24.8 Å². The molecule has 0 saturated carbocycles. The maximum Gasteiger partial charge on any atom is 0.258 e. The van der Waals surface area contributed by atoms with E-state index in [0.29, 0.717) is 0 Å². The highest BCUT2D eigenvalue weighted by Gasteiger charge is 2.21. The van der Waals surface area contributed by atoms with Crippen LogP contribution in [0.5, 0.6) is 5.75 Å². The number of aryl methyl sites for hydroxylation is 2. The van der Waals surface area contributed by atoms with Gasteiger partial charge in [0.2, 0.25) is 0 Å². The third-order valence-electron chi connectivity index (χ3n) is 4.79. The number of ether oxygens (including phenoxy) is 1. The van der Waals surface area contributed by atoms with Crippen molar-refractivity contribution in [3.8, 4) is 5.75 Å². The number of carbonyl (C=O) groups excluding carboxylic acids is 1. The minimum Gasteiger partial charge on any atom is -0.483 e. The van der Waals surface area contributed by atoms with Gasteiger partial charge in [-0.15, -0.1) is 0 Å². The predicted molar refractivity (Wildman–Crippen MR) is 101 cm³/mol. The number of anilines is 1. The lowest BCUT2D eigenvalue weighted by Crippen LogP contribution is -2.46. The van der Waals surface area contributed by atoms with Crippen molar-refractivity contribution in [1.82, 2.24) is 5.32 Å². The Morgan fingerprint density at radius 1 is 1.15 bits per heavy atom. The molecular weight excluding hydrogens is 331 g/mol. The Hall–Kier alpha value is -2.56. The molecule has 2 aromatic rings. The van der Waals surface area contributed by atoms with Crippen molar-refractivity contribution in [3.63, 3.8) is 0 Å². The smallest absolute Gasteiger partial charge is 0.258 e. The number of carbonyl (C=O) groups is 1. The number of amides is 1. The van der Waals surface area contributed by atoms with Crippen molar-refractivity contribution in [1.29, 1.82) is 0 Å². The van der Waals surface area contributed by atoms with E-state index in [0.717, 1.165) is 48.5 Å². The number of nitrogens with one attached hydrogen (secondary N) is 1. The monoisotopic (exact) mass is 356 g/mol. The zero-order chi connectivity index (χ0) is 18.5. The summed E-state index contributed by atoms with van der Waals surface area (Å²) in [5.74, 6) is 0.460. The van der Waals surface area contributed by atoms with Gasteiger partial charge in [0.05, 0.1) is 0 Å². The highest BCUT2D eigenvalue weighted by Crippen LogP contribution is 2.23. The maximum absolute atomic E-state index is 13.4. The SMILES string of the molecule is Cc1cccc(C)c1OCC(=O)NC1CCN(c2cccc(F)c2)CC1. The number of rotatable bonds is 5. The summed E-state index contributed by atoms with van der Waals surface area (Å²) < 4.78 is 19.1. The average molecular weight is 356 g/mol. The second-order valence-corrected chi connectivity index (χ2v) is 6.82. The van der Waals surface area contributed by atoms with E-state index < -0.39 is 0 Å². The van der Waals surface area contributed by atoms with Crippen molar-refractivity contribution in [3.05, 3.63) is 59.4 Å². The van der Waals surface area contributed by atoms with Gasteiger partial charge >= 0.3 is 0 Å². The standard InChI is InChI=1S/C21H25FN2O2/c1-15-5-3-6-16(2)21(15)26-14-20(25)23-18-9-11-24(12-10-18)19-8-4-7-17(22)13-19/h3-8,13,18H,9-12,14H2,1-2H3,(H,23,25). The minimum absolute atomic E-state index is 0.0236. The molecule has 1 fully saturated rings. The maximum atomic E-state index is 13.4. The molecule has 1 heterocycles. The van der Waals surface area contributed by atoms with Crippen LogP contribution in [0.2, 0.25) is 0 Å². The van der Waals surface area contributed by atoms with Crippen LogP contribution in [-0.2, 0) is 4.79 Å². The Kier molecular flexibility index (Phi) is 5.76. The number of para-hydroxylation sites is 1. The zero-order valence-electron chi connectivity index (χ0n) is 15.3. The molecule has 1 aliphatic rings. The Morgan fingerprint density at radius 2 is 1.81 bits per heavy atom. The third-order valence-corrected chi connectivity index (χ3v) is 4.79. The zero-order valence-corrected chi connectivity index (χ0v) is 15.3. The molecule has 5 heteroatoms. The van der Waals surface area contributed by atoms with Gasteiger partial charge < -0.3 is 15.0 Å². The second-order valence-electron chi connectivity index (χ2n) is 6.82. The molecule has 1 N–H and O–H groups in total. The third kappa shape index (κ3) is 4.54. The first-order chi connectivity index (χ1) is 12.5. The van der Waals surface area contributed by atoms with Crippen molar-refractivity contribution in [2.75, 3.05) is 24.6 Å². The lowest BCUT2D eigenvalue weighted by atomic mass is 10.0. The summed E-state index contributed by atoms with van der Waals surface area (Å²) in [6.45, 7) is 5.57. The number of piperidine rings is 1. The summed E-state index contributed by atoms with van der Waals surface area (Å²) in [5.41, 5.74) is 2.95. The van der Waals surface area contributed by atoms with E-state index in [-0.39, 0.29) is 24.4 Å². The van der Waals surface area contributed by atoms with Gasteiger partial charge in [0.1, 0.15) is 11.6 Å². The lowest BCUT2D eigenvalue weighted by molar-refractivity contribution is -0.123. The predicted octanol–water partition coefficient (Wildman–Crippen LogP) is 3.61. The van der Waals surface area contributed by atoms with E-state index in [2.05, 4.69) is 10.2 Å². The molecule has 1 amide bonds. The first kappa shape index (κ1) is 18.2. The lowest BCUT2D eigenvalue weighted by Gasteiger charge is -2.34. The highest BCUT2D eigenvalue weighted by atomic mass is 19.1. The molecular formula is C21H25FN2O2. The summed E-state index contributed by atoms with van der Waals surface area (Å²) in [6, 6.07) is 12.7. The van der Waals surface area contributed by atoms with Gasteiger partial charge in [-0.1, -0.05) is 24.3 Å². The summed E-state index contributed by atoms with van der Waals surface area (Å²) in [6.07, 6.45) is 1.68. The van der Waals surface area contributed by atoms with Gasteiger partial charge in [-0.05, 0) is 56.0 Å². The normalized spacial score (nSPS) is 15.0. The van der Waals surface area contributed by atoms with Crippen molar-refractivity contribution in [2.24, 2.45) is 0 Å². The Morgan fingerprint density at radius 3 is 2.46 bits per heavy atom. The van der Waals surface area contributed by atoms with Crippen LogP contribution >= 0.6 is 0 Å². The largest absolute Gasteiger partial charge is 0.483 e. The summed E-state index contributed by atoms with van der Waals surface area (Å²) in [4.78, 5) is 14.4. The van der Waals surface area contributed by atoms with Crippen LogP contribution < -0.4 is 15.0 Å². The van der Waals surface area contributed by atoms with Crippen LogP contribution in [-0.4, -0.2) is 31.6 Å². The van der Waals surface area contributed by atoms with E-state index in [4.69, 9.17) is 4.74 Å². The fourth-order valence-corrected chi connectivity index (χ4v) is 3.39. The van der Waals surface area contributed by atoms with Crippen LogP contribution in [0.25, 0.3) is 0 Å². The summed E-state index contributed by atoms with van der Waals surface area (Å²) >= 11 is 0. The van der Waals surface area contributed by atoms with Gasteiger partial charge in [-0.25, -0.2) is 4.39 Å². The van der Waals surface area contributed by atoms with Crippen molar-refractivity contribution in [2.45, 2.75) is 32.7 Å². The molecule has 1 saturated heterocycles. The number of halogens is 1. The Bertz CT molecular complexity index is 750. The highest BCUT2D eigenvalue weighted by molar-refractivity contribution is 5.78. The van der Waals surface area contributed by atoms with E-state index in [1.165, 1.54) is 6.07 Å². The molecule has 0 radical (unpaired) electrons. The van der Waals surface area contributed by atoms with Crippen LogP contribution in [0.3, 0.4) is 0 Å². The molecule has 26 heavy (non-hydrogen) atoms. The van der Waals surface area contributed by atoms with Crippen LogP contribution in [0.4, 0.5) is 10.1 Å². The fourth-order valence-electron chi connectivity index (χ4n) is 3.39. The van der Waals surface area contributed by atoms with Gasteiger partial charge in [-0.2, -0.15) is 0 Å². The quantitative estimate of drug-likeness (QED) is 0.890. The number of benzene rings is 2. The van der Waals surface area contributed by atoms with Gasteiger partial charge in [0.25, 0.3) is 5.91 Å². The van der Waals surface area contributed by atoms with Gasteiger partial charge in [-0.3, -0.25) is 4.79 Å².